The second-order valence-corrected chi connectivity index (χ2v) is 13.5. The number of aromatic nitrogens is 1. The van der Waals surface area contributed by atoms with Crippen molar-refractivity contribution in [1.29, 1.82) is 0 Å². The summed E-state index contributed by atoms with van der Waals surface area (Å²) in [6.45, 7) is 11.0. The highest BCUT2D eigenvalue weighted by atomic mass is 32.2. The molecule has 9 nitrogen and oxygen atoms in total. The van der Waals surface area contributed by atoms with Gasteiger partial charge in [-0.25, -0.2) is 21.8 Å². The van der Waals surface area contributed by atoms with Gasteiger partial charge in [-0.05, 0) is 55.6 Å². The molecule has 0 saturated heterocycles. The van der Waals surface area contributed by atoms with Crippen LogP contribution in [0.25, 0.3) is 10.2 Å². The van der Waals surface area contributed by atoms with E-state index in [9.17, 15) is 21.6 Å². The fraction of sp³-hybridized carbons (Fsp3) is 0.440. The number of benzene rings is 2. The number of sulfone groups is 1. The monoisotopic (exact) mass is 566 g/mol. The van der Waals surface area contributed by atoms with Crippen molar-refractivity contribution in [1.82, 2.24) is 14.2 Å². The smallest absolute Gasteiger partial charge is 0.260 e. The number of carbonyl (C=O) groups is 1. The molecule has 2 aromatic carbocycles. The first-order valence-electron chi connectivity index (χ1n) is 12.2. The lowest BCUT2D eigenvalue weighted by Crippen LogP contribution is -2.39. The number of nitrogens with zero attached hydrogens (tertiary/aromatic N) is 4. The summed E-state index contributed by atoms with van der Waals surface area (Å²) in [6, 6.07) is 10.7. The summed E-state index contributed by atoms with van der Waals surface area (Å²) >= 11 is 1.25. The van der Waals surface area contributed by atoms with Crippen LogP contribution >= 0.6 is 11.3 Å². The Hall–Kier alpha value is -2.38. The predicted octanol–water partition coefficient (Wildman–Crippen LogP) is 3.72. The van der Waals surface area contributed by atoms with E-state index in [0.29, 0.717) is 47.1 Å². The van der Waals surface area contributed by atoms with Gasteiger partial charge in [-0.1, -0.05) is 39.0 Å². The molecular weight excluding hydrogens is 532 g/mol. The van der Waals surface area contributed by atoms with E-state index in [1.165, 1.54) is 46.0 Å². The van der Waals surface area contributed by atoms with Crippen molar-refractivity contribution in [3.63, 3.8) is 0 Å². The Morgan fingerprint density at radius 3 is 1.97 bits per heavy atom. The number of thiazole rings is 1. The van der Waals surface area contributed by atoms with Crippen LogP contribution in [0.5, 0.6) is 0 Å². The van der Waals surface area contributed by atoms with Crippen molar-refractivity contribution in [3.8, 4) is 0 Å². The Balaban J connectivity index is 1.99. The number of amides is 1. The Labute approximate surface area is 223 Å². The average molecular weight is 567 g/mol. The van der Waals surface area contributed by atoms with Crippen LogP contribution in [0.4, 0.5) is 5.13 Å². The molecule has 0 radical (unpaired) electrons. The number of rotatable bonds is 12. The number of sulfonamides is 1. The Bertz CT molecular complexity index is 1440. The Morgan fingerprint density at radius 1 is 0.838 bits per heavy atom. The van der Waals surface area contributed by atoms with E-state index in [-0.39, 0.29) is 15.7 Å². The molecule has 0 atom stereocenters. The van der Waals surface area contributed by atoms with Gasteiger partial charge in [-0.3, -0.25) is 9.69 Å². The van der Waals surface area contributed by atoms with Gasteiger partial charge >= 0.3 is 0 Å². The average Bonchev–Trinajstić information content (AvgIpc) is 3.29. The number of hydrogen-bond donors (Lipinski definition) is 0. The summed E-state index contributed by atoms with van der Waals surface area (Å²) in [5, 5.41) is 0.456. The van der Waals surface area contributed by atoms with Gasteiger partial charge in [0, 0.05) is 38.0 Å². The molecule has 202 valence electrons. The number of carbonyl (C=O) groups excluding carboxylic acids is 1. The van der Waals surface area contributed by atoms with Gasteiger partial charge in [0.25, 0.3) is 5.91 Å². The lowest BCUT2D eigenvalue weighted by molar-refractivity contribution is 0.0983. The predicted molar refractivity (Wildman–Crippen MR) is 149 cm³/mol. The topological polar surface area (TPSA) is 108 Å². The minimum atomic E-state index is -3.64. The highest BCUT2D eigenvalue weighted by Gasteiger charge is 2.25. The van der Waals surface area contributed by atoms with Crippen LogP contribution in [0.1, 0.15) is 38.1 Å². The number of anilines is 1. The van der Waals surface area contributed by atoms with E-state index in [0.717, 1.165) is 19.3 Å². The molecule has 0 N–H and O–H groups in total. The zero-order valence-corrected chi connectivity index (χ0v) is 24.3. The zero-order valence-electron chi connectivity index (χ0n) is 21.8. The van der Waals surface area contributed by atoms with Crippen molar-refractivity contribution in [3.05, 3.63) is 48.0 Å². The molecule has 0 fully saturated rings. The summed E-state index contributed by atoms with van der Waals surface area (Å²) in [4.78, 5) is 22.4. The highest BCUT2D eigenvalue weighted by Crippen LogP contribution is 2.31. The van der Waals surface area contributed by atoms with Crippen molar-refractivity contribution >= 4 is 52.5 Å². The molecule has 1 amide bonds. The molecule has 3 aromatic rings. The fourth-order valence-electron chi connectivity index (χ4n) is 3.94. The van der Waals surface area contributed by atoms with Gasteiger partial charge in [0.15, 0.2) is 15.0 Å². The lowest BCUT2D eigenvalue weighted by Gasteiger charge is -2.25. The molecule has 0 aliphatic heterocycles. The van der Waals surface area contributed by atoms with E-state index >= 15 is 0 Å². The van der Waals surface area contributed by atoms with E-state index < -0.39 is 19.9 Å². The largest absolute Gasteiger partial charge is 0.302 e. The fourth-order valence-corrected chi connectivity index (χ4v) is 7.15. The van der Waals surface area contributed by atoms with Crippen molar-refractivity contribution in [2.24, 2.45) is 0 Å². The van der Waals surface area contributed by atoms with Crippen molar-refractivity contribution < 1.29 is 21.6 Å². The molecule has 0 spiro atoms. The van der Waals surface area contributed by atoms with Crippen LogP contribution in [0, 0.1) is 0 Å². The van der Waals surface area contributed by atoms with E-state index in [1.54, 1.807) is 30.9 Å². The molecule has 12 heteroatoms. The quantitative estimate of drug-likeness (QED) is 0.329. The molecular formula is C25H34N4O5S3. The molecule has 1 aromatic heterocycles. The zero-order chi connectivity index (χ0) is 27.4. The van der Waals surface area contributed by atoms with E-state index in [1.807, 2.05) is 0 Å². The molecule has 0 aliphatic carbocycles. The Kier molecular flexibility index (Phi) is 9.46. The maximum atomic E-state index is 13.7. The molecule has 0 saturated carbocycles. The van der Waals surface area contributed by atoms with E-state index in [2.05, 4.69) is 23.7 Å². The number of likely N-dealkylation sites (N-methyl/N-ethyl adjacent to an activating group) is 1. The first-order valence-corrected chi connectivity index (χ1v) is 16.4. The van der Waals surface area contributed by atoms with Gasteiger partial charge in [-0.15, -0.1) is 0 Å². The standard InChI is InChI=1S/C25H34N4O5S3/c1-6-27(7-2)16-17-29(25-26-22-15-14-21(36(5,31)32)18-23(22)35-25)24(30)19-10-12-20(13-11-19)37(33,34)28(8-3)9-4/h10-15,18H,6-9,16-17H2,1-5H3. The molecule has 0 aliphatic rings. The molecule has 0 bridgehead atoms. The minimum absolute atomic E-state index is 0.135. The van der Waals surface area contributed by atoms with Gasteiger partial charge < -0.3 is 4.90 Å². The van der Waals surface area contributed by atoms with Crippen molar-refractivity contribution in [2.45, 2.75) is 37.5 Å². The minimum Gasteiger partial charge on any atom is -0.302 e. The van der Waals surface area contributed by atoms with Crippen LogP contribution in [-0.4, -0.2) is 82.5 Å². The first-order chi connectivity index (χ1) is 17.5. The third-order valence-electron chi connectivity index (χ3n) is 6.23. The second-order valence-electron chi connectivity index (χ2n) is 8.50. The summed E-state index contributed by atoms with van der Waals surface area (Å²) in [7, 11) is -7.02. The SMILES string of the molecule is CCN(CC)CCN(C(=O)c1ccc(S(=O)(=O)N(CC)CC)cc1)c1nc2ccc(S(C)(=O)=O)cc2s1. The van der Waals surface area contributed by atoms with Gasteiger partial charge in [0.1, 0.15) is 0 Å². The van der Waals surface area contributed by atoms with Gasteiger partial charge in [0.05, 0.1) is 20.0 Å². The lowest BCUT2D eigenvalue weighted by atomic mass is 10.2. The molecule has 0 unspecified atom stereocenters. The van der Waals surface area contributed by atoms with Crippen molar-refractivity contribution in [2.75, 3.05) is 50.4 Å². The summed E-state index contributed by atoms with van der Waals surface area (Å²) < 4.78 is 51.7. The summed E-state index contributed by atoms with van der Waals surface area (Å²) in [5.74, 6) is -0.304. The van der Waals surface area contributed by atoms with Crippen LogP contribution in [0.2, 0.25) is 0 Å². The maximum Gasteiger partial charge on any atom is 0.260 e. The van der Waals surface area contributed by atoms with E-state index in [4.69, 9.17) is 0 Å². The summed E-state index contributed by atoms with van der Waals surface area (Å²) in [6.07, 6.45) is 1.15. The molecule has 1 heterocycles. The first kappa shape index (κ1) is 29.2. The van der Waals surface area contributed by atoms with Crippen LogP contribution in [0.3, 0.4) is 0 Å². The summed E-state index contributed by atoms with van der Waals surface area (Å²) in [5.41, 5.74) is 0.947. The number of hydrogen-bond acceptors (Lipinski definition) is 8. The third-order valence-corrected chi connectivity index (χ3v) is 10.4. The molecule has 37 heavy (non-hydrogen) atoms. The van der Waals surface area contributed by atoms with Gasteiger partial charge in [0.2, 0.25) is 10.0 Å². The van der Waals surface area contributed by atoms with Gasteiger partial charge in [-0.2, -0.15) is 4.31 Å². The second kappa shape index (κ2) is 12.0. The number of fused-ring (bicyclic) bond motifs is 1. The Morgan fingerprint density at radius 2 is 1.43 bits per heavy atom. The molecule has 3 rings (SSSR count). The van der Waals surface area contributed by atoms with Crippen LogP contribution in [0.15, 0.2) is 52.3 Å². The van der Waals surface area contributed by atoms with Crippen LogP contribution < -0.4 is 4.90 Å². The van der Waals surface area contributed by atoms with Crippen LogP contribution in [-0.2, 0) is 19.9 Å². The maximum absolute atomic E-state index is 13.7. The highest BCUT2D eigenvalue weighted by molar-refractivity contribution is 7.90. The normalized spacial score (nSPS) is 12.5. The third kappa shape index (κ3) is 6.55.